The Morgan fingerprint density at radius 3 is 3.00 bits per heavy atom. The molecule has 0 amide bonds. The molecule has 1 rings (SSSR count). The summed E-state index contributed by atoms with van der Waals surface area (Å²) in [6, 6.07) is 2.14. The van der Waals surface area contributed by atoms with Crippen molar-refractivity contribution in [3.05, 3.63) is 24.0 Å². The Kier molecular flexibility index (Phi) is 4.70. The van der Waals surface area contributed by atoms with E-state index >= 15 is 0 Å². The second-order valence-electron chi connectivity index (χ2n) is 3.54. The monoisotopic (exact) mass is 196 g/mol. The normalized spacial score (nSPS) is 13.1. The van der Waals surface area contributed by atoms with Gasteiger partial charge in [0.15, 0.2) is 0 Å². The molecule has 1 atom stereocenters. The molecule has 14 heavy (non-hydrogen) atoms. The van der Waals surface area contributed by atoms with Crippen LogP contribution in [0.25, 0.3) is 0 Å². The van der Waals surface area contributed by atoms with Crippen molar-refractivity contribution in [2.45, 2.75) is 33.0 Å². The van der Waals surface area contributed by atoms with Gasteiger partial charge in [0.2, 0.25) is 0 Å². The first kappa shape index (κ1) is 11.3. The highest BCUT2D eigenvalue weighted by Gasteiger charge is 2.01. The van der Waals surface area contributed by atoms with Gasteiger partial charge < -0.3 is 14.6 Å². The van der Waals surface area contributed by atoms with Gasteiger partial charge in [0.05, 0.1) is 6.10 Å². The van der Waals surface area contributed by atoms with Crippen LogP contribution in [0.1, 0.15) is 19.4 Å². The van der Waals surface area contributed by atoms with Crippen LogP contribution in [0.3, 0.4) is 0 Å². The van der Waals surface area contributed by atoms with E-state index in [4.69, 9.17) is 4.74 Å². The Labute approximate surface area is 86.1 Å². The third kappa shape index (κ3) is 3.52. The van der Waals surface area contributed by atoms with Crippen LogP contribution in [0.5, 0.6) is 0 Å². The van der Waals surface area contributed by atoms with E-state index in [0.29, 0.717) is 0 Å². The molecule has 0 aliphatic heterocycles. The van der Waals surface area contributed by atoms with Crippen LogP contribution in [0.15, 0.2) is 18.5 Å². The van der Waals surface area contributed by atoms with Crippen molar-refractivity contribution >= 4 is 0 Å². The van der Waals surface area contributed by atoms with E-state index in [9.17, 15) is 0 Å². The maximum atomic E-state index is 5.21. The molecule has 0 aliphatic rings. The van der Waals surface area contributed by atoms with Crippen LogP contribution in [0, 0.1) is 0 Å². The molecule has 0 spiro atoms. The Hall–Kier alpha value is -0.800. The predicted molar refractivity (Wildman–Crippen MR) is 58.3 cm³/mol. The number of nitrogens with one attached hydrogen (secondary N) is 1. The first-order valence-corrected chi connectivity index (χ1v) is 5.14. The standard InChI is InChI=1S/C11H20N2O/c1-4-12-7-11-5-6-13(9-11)8-10(2)14-3/h5-6,9-10,12H,4,7-8H2,1-3H3. The van der Waals surface area contributed by atoms with Crippen molar-refractivity contribution in [2.75, 3.05) is 13.7 Å². The fourth-order valence-electron chi connectivity index (χ4n) is 1.35. The summed E-state index contributed by atoms with van der Waals surface area (Å²) in [4.78, 5) is 0. The number of methoxy groups -OCH3 is 1. The average Bonchev–Trinajstić information content (AvgIpc) is 2.62. The molecule has 0 aliphatic carbocycles. The molecule has 0 saturated heterocycles. The smallest absolute Gasteiger partial charge is 0.0721 e. The lowest BCUT2D eigenvalue weighted by Crippen LogP contribution is -2.14. The Morgan fingerprint density at radius 2 is 2.36 bits per heavy atom. The molecular formula is C11H20N2O. The van der Waals surface area contributed by atoms with E-state index in [1.54, 1.807) is 7.11 Å². The summed E-state index contributed by atoms with van der Waals surface area (Å²) in [6.45, 7) is 7.07. The largest absolute Gasteiger partial charge is 0.380 e. The third-order valence-electron chi connectivity index (χ3n) is 2.26. The highest BCUT2D eigenvalue weighted by molar-refractivity contribution is 5.09. The van der Waals surface area contributed by atoms with E-state index in [0.717, 1.165) is 19.6 Å². The first-order valence-electron chi connectivity index (χ1n) is 5.14. The fourth-order valence-corrected chi connectivity index (χ4v) is 1.35. The van der Waals surface area contributed by atoms with Crippen molar-refractivity contribution in [3.63, 3.8) is 0 Å². The molecule has 3 heteroatoms. The summed E-state index contributed by atoms with van der Waals surface area (Å²) in [7, 11) is 1.74. The summed E-state index contributed by atoms with van der Waals surface area (Å²) < 4.78 is 7.38. The van der Waals surface area contributed by atoms with Crippen LogP contribution < -0.4 is 5.32 Å². The highest BCUT2D eigenvalue weighted by atomic mass is 16.5. The Balaban J connectivity index is 2.42. The second-order valence-corrected chi connectivity index (χ2v) is 3.54. The summed E-state index contributed by atoms with van der Waals surface area (Å²) >= 11 is 0. The molecule has 1 aromatic rings. The van der Waals surface area contributed by atoms with Gasteiger partial charge in [-0.15, -0.1) is 0 Å². The van der Waals surface area contributed by atoms with Gasteiger partial charge in [0, 0.05) is 32.6 Å². The van der Waals surface area contributed by atoms with Crippen LogP contribution in [0.4, 0.5) is 0 Å². The van der Waals surface area contributed by atoms with E-state index in [-0.39, 0.29) is 6.10 Å². The fraction of sp³-hybridized carbons (Fsp3) is 0.636. The molecule has 0 fully saturated rings. The number of hydrogen-bond acceptors (Lipinski definition) is 2. The Bertz CT molecular complexity index is 258. The van der Waals surface area contributed by atoms with Gasteiger partial charge in [0.1, 0.15) is 0 Å². The molecule has 0 saturated carbocycles. The van der Waals surface area contributed by atoms with Crippen molar-refractivity contribution in [3.8, 4) is 0 Å². The summed E-state index contributed by atoms with van der Waals surface area (Å²) in [6.07, 6.45) is 4.54. The minimum atomic E-state index is 0.273. The van der Waals surface area contributed by atoms with Crippen LogP contribution >= 0.6 is 0 Å². The van der Waals surface area contributed by atoms with E-state index < -0.39 is 0 Å². The average molecular weight is 196 g/mol. The van der Waals surface area contributed by atoms with E-state index in [1.165, 1.54) is 5.56 Å². The minimum absolute atomic E-state index is 0.273. The van der Waals surface area contributed by atoms with Crippen LogP contribution in [-0.4, -0.2) is 24.3 Å². The molecule has 1 aromatic heterocycles. The lowest BCUT2D eigenvalue weighted by atomic mass is 10.3. The molecule has 1 unspecified atom stereocenters. The number of ether oxygens (including phenoxy) is 1. The quantitative estimate of drug-likeness (QED) is 0.748. The lowest BCUT2D eigenvalue weighted by Gasteiger charge is -2.09. The summed E-state index contributed by atoms with van der Waals surface area (Å²) in [5, 5.41) is 3.30. The van der Waals surface area contributed by atoms with Gasteiger partial charge in [0.25, 0.3) is 0 Å². The lowest BCUT2D eigenvalue weighted by molar-refractivity contribution is 0.103. The van der Waals surface area contributed by atoms with Crippen LogP contribution in [-0.2, 0) is 17.8 Å². The molecule has 1 heterocycles. The van der Waals surface area contributed by atoms with Gasteiger partial charge in [-0.3, -0.25) is 0 Å². The number of nitrogens with zero attached hydrogens (tertiary/aromatic N) is 1. The van der Waals surface area contributed by atoms with Gasteiger partial charge in [-0.05, 0) is 25.1 Å². The van der Waals surface area contributed by atoms with Crippen molar-refractivity contribution in [1.29, 1.82) is 0 Å². The number of aromatic nitrogens is 1. The molecule has 1 N–H and O–H groups in total. The molecule has 0 bridgehead atoms. The number of hydrogen-bond donors (Lipinski definition) is 1. The predicted octanol–water partition coefficient (Wildman–Crippen LogP) is 1.63. The van der Waals surface area contributed by atoms with Gasteiger partial charge >= 0.3 is 0 Å². The Morgan fingerprint density at radius 1 is 1.57 bits per heavy atom. The maximum absolute atomic E-state index is 5.21. The van der Waals surface area contributed by atoms with E-state index in [2.05, 4.69) is 42.2 Å². The maximum Gasteiger partial charge on any atom is 0.0721 e. The minimum Gasteiger partial charge on any atom is -0.380 e. The van der Waals surface area contributed by atoms with Crippen molar-refractivity contribution < 1.29 is 4.74 Å². The second kappa shape index (κ2) is 5.83. The van der Waals surface area contributed by atoms with E-state index in [1.807, 2.05) is 0 Å². The van der Waals surface area contributed by atoms with Gasteiger partial charge in [-0.25, -0.2) is 0 Å². The van der Waals surface area contributed by atoms with Gasteiger partial charge in [-0.1, -0.05) is 6.92 Å². The van der Waals surface area contributed by atoms with Gasteiger partial charge in [-0.2, -0.15) is 0 Å². The number of rotatable bonds is 6. The third-order valence-corrected chi connectivity index (χ3v) is 2.26. The SMILES string of the molecule is CCNCc1ccn(CC(C)OC)c1. The molecule has 80 valence electrons. The zero-order valence-electron chi connectivity index (χ0n) is 9.29. The molecular weight excluding hydrogens is 176 g/mol. The topological polar surface area (TPSA) is 26.2 Å². The first-order chi connectivity index (χ1) is 6.76. The molecule has 3 nitrogen and oxygen atoms in total. The summed E-state index contributed by atoms with van der Waals surface area (Å²) in [5.74, 6) is 0. The zero-order chi connectivity index (χ0) is 10.4. The molecule has 0 aromatic carbocycles. The van der Waals surface area contributed by atoms with Crippen LogP contribution in [0.2, 0.25) is 0 Å². The zero-order valence-corrected chi connectivity index (χ0v) is 9.29. The summed E-state index contributed by atoms with van der Waals surface area (Å²) in [5.41, 5.74) is 1.33. The van der Waals surface area contributed by atoms with Crippen molar-refractivity contribution in [1.82, 2.24) is 9.88 Å². The van der Waals surface area contributed by atoms with Crippen molar-refractivity contribution in [2.24, 2.45) is 0 Å². The molecule has 0 radical (unpaired) electrons. The highest BCUT2D eigenvalue weighted by Crippen LogP contribution is 2.03.